The summed E-state index contributed by atoms with van der Waals surface area (Å²) in [5, 5.41) is 3.77. The highest BCUT2D eigenvalue weighted by Gasteiger charge is 2.41. The molecule has 0 atom stereocenters. The fraction of sp³-hybridized carbons (Fsp3) is 0.179. The van der Waals surface area contributed by atoms with E-state index >= 15 is 0 Å². The van der Waals surface area contributed by atoms with Gasteiger partial charge in [-0.15, -0.1) is 0 Å². The number of halogens is 4. The van der Waals surface area contributed by atoms with E-state index in [0.717, 1.165) is 17.3 Å². The Morgan fingerprint density at radius 3 is 2.47 bits per heavy atom. The summed E-state index contributed by atoms with van der Waals surface area (Å²) in [7, 11) is 1.58. The molecule has 0 aliphatic rings. The molecule has 196 valence electrons. The topological polar surface area (TPSA) is 66.2 Å². The number of esters is 1. The van der Waals surface area contributed by atoms with Crippen LogP contribution in [0.2, 0.25) is 0 Å². The van der Waals surface area contributed by atoms with Gasteiger partial charge in [0.05, 0.1) is 25.6 Å². The van der Waals surface area contributed by atoms with Gasteiger partial charge in [0, 0.05) is 5.56 Å². The predicted octanol–water partition coefficient (Wildman–Crippen LogP) is 6.76. The zero-order chi connectivity index (χ0) is 27.4. The molecular weight excluding hydrogens is 502 g/mol. The van der Waals surface area contributed by atoms with E-state index in [4.69, 9.17) is 9.47 Å². The third kappa shape index (κ3) is 5.59. The molecule has 6 nitrogen and oxygen atoms in total. The van der Waals surface area contributed by atoms with Crippen LogP contribution in [0.25, 0.3) is 29.2 Å². The lowest BCUT2D eigenvalue weighted by atomic mass is 10.0. The molecule has 0 saturated heterocycles. The molecule has 0 aliphatic heterocycles. The number of hydrogen-bond acceptors (Lipinski definition) is 5. The van der Waals surface area contributed by atoms with Crippen LogP contribution in [-0.4, -0.2) is 34.5 Å². The molecule has 0 aliphatic carbocycles. The number of ether oxygens (including phenoxy) is 2. The molecule has 10 heteroatoms. The Morgan fingerprint density at radius 2 is 1.79 bits per heavy atom. The maximum atomic E-state index is 14.3. The first-order valence-electron chi connectivity index (χ1n) is 11.5. The third-order valence-corrected chi connectivity index (χ3v) is 5.70. The van der Waals surface area contributed by atoms with Crippen molar-refractivity contribution in [1.82, 2.24) is 14.8 Å². The van der Waals surface area contributed by atoms with E-state index < -0.39 is 29.2 Å². The highest BCUT2D eigenvalue weighted by Crippen LogP contribution is 2.34. The first-order chi connectivity index (χ1) is 18.1. The minimum absolute atomic E-state index is 0.0963. The number of carbonyl (C=O) groups excluding carboxylic acids is 1. The molecule has 0 amide bonds. The zero-order valence-corrected chi connectivity index (χ0v) is 20.7. The lowest BCUT2D eigenvalue weighted by Crippen LogP contribution is -2.19. The third-order valence-electron chi connectivity index (χ3n) is 5.70. The van der Waals surface area contributed by atoms with Crippen LogP contribution in [0.5, 0.6) is 5.75 Å². The van der Waals surface area contributed by atoms with Crippen molar-refractivity contribution >= 4 is 18.1 Å². The summed E-state index contributed by atoms with van der Waals surface area (Å²) in [4.78, 5) is 16.5. The number of rotatable bonds is 7. The van der Waals surface area contributed by atoms with E-state index in [1.54, 1.807) is 25.3 Å². The lowest BCUT2D eigenvalue weighted by Gasteiger charge is -2.13. The standard InChI is InChI=1S/C28H23F4N3O3/c1-4-38-27(36)23-16-33-35(26(23)28(30,31)32)25-7-5-6-24(34-25)22-15-20(29)12-10-19(22)9-8-18-11-13-21(37-3)14-17(18)2/h5-16H,4H2,1-3H3/b9-8+. The summed E-state index contributed by atoms with van der Waals surface area (Å²) >= 11 is 0. The summed E-state index contributed by atoms with van der Waals surface area (Å²) in [6, 6.07) is 14.0. The van der Waals surface area contributed by atoms with Crippen LogP contribution in [0.15, 0.2) is 60.8 Å². The second-order valence-corrected chi connectivity index (χ2v) is 8.21. The van der Waals surface area contributed by atoms with Gasteiger partial charge in [0.15, 0.2) is 11.5 Å². The minimum Gasteiger partial charge on any atom is -0.497 e. The fourth-order valence-electron chi connectivity index (χ4n) is 3.88. The molecule has 38 heavy (non-hydrogen) atoms. The SMILES string of the molecule is CCOC(=O)c1cnn(-c2cccc(-c3cc(F)ccc3/C=C/c3ccc(OC)cc3C)n2)c1C(F)(F)F. The van der Waals surface area contributed by atoms with Crippen LogP contribution < -0.4 is 4.74 Å². The first-order valence-corrected chi connectivity index (χ1v) is 11.5. The summed E-state index contributed by atoms with van der Waals surface area (Å²) in [6.07, 6.45) is -0.510. The van der Waals surface area contributed by atoms with Crippen LogP contribution in [0.4, 0.5) is 17.6 Å². The Balaban J connectivity index is 1.78. The Kier molecular flexibility index (Phi) is 7.61. The molecule has 0 bridgehead atoms. The molecule has 2 aromatic carbocycles. The van der Waals surface area contributed by atoms with Gasteiger partial charge < -0.3 is 9.47 Å². The van der Waals surface area contributed by atoms with Crippen LogP contribution >= 0.6 is 0 Å². The predicted molar refractivity (Wildman–Crippen MR) is 134 cm³/mol. The van der Waals surface area contributed by atoms with Crippen LogP contribution in [0.3, 0.4) is 0 Å². The molecule has 2 aromatic heterocycles. The lowest BCUT2D eigenvalue weighted by molar-refractivity contribution is -0.143. The van der Waals surface area contributed by atoms with Gasteiger partial charge in [0.1, 0.15) is 17.1 Å². The summed E-state index contributed by atoms with van der Waals surface area (Å²) < 4.78 is 66.6. The van der Waals surface area contributed by atoms with Gasteiger partial charge in [-0.3, -0.25) is 0 Å². The average Bonchev–Trinajstić information content (AvgIpc) is 3.35. The van der Waals surface area contributed by atoms with Gasteiger partial charge in [-0.05, 0) is 66.9 Å². The van der Waals surface area contributed by atoms with E-state index in [-0.39, 0.29) is 18.1 Å². The van der Waals surface area contributed by atoms with Crippen molar-refractivity contribution < 1.29 is 31.8 Å². The van der Waals surface area contributed by atoms with Crippen molar-refractivity contribution in [2.45, 2.75) is 20.0 Å². The second-order valence-electron chi connectivity index (χ2n) is 8.21. The van der Waals surface area contributed by atoms with Crippen molar-refractivity contribution in [3.8, 4) is 22.8 Å². The van der Waals surface area contributed by atoms with Crippen molar-refractivity contribution in [3.63, 3.8) is 0 Å². The Morgan fingerprint density at radius 1 is 1.05 bits per heavy atom. The Labute approximate surface area is 216 Å². The van der Waals surface area contributed by atoms with Gasteiger partial charge in [-0.1, -0.05) is 30.4 Å². The van der Waals surface area contributed by atoms with Crippen molar-refractivity contribution in [2.24, 2.45) is 0 Å². The van der Waals surface area contributed by atoms with Gasteiger partial charge in [0.2, 0.25) is 0 Å². The normalized spacial score (nSPS) is 11.7. The number of aromatic nitrogens is 3. The number of pyridine rings is 1. The number of alkyl halides is 3. The zero-order valence-electron chi connectivity index (χ0n) is 20.7. The molecule has 2 heterocycles. The largest absolute Gasteiger partial charge is 0.497 e. The van der Waals surface area contributed by atoms with Gasteiger partial charge in [-0.25, -0.2) is 18.9 Å². The quantitative estimate of drug-likeness (QED) is 0.152. The highest BCUT2D eigenvalue weighted by molar-refractivity contribution is 5.90. The van der Waals surface area contributed by atoms with Gasteiger partial charge >= 0.3 is 12.1 Å². The molecule has 0 unspecified atom stereocenters. The average molecular weight is 526 g/mol. The molecule has 4 rings (SSSR count). The van der Waals surface area contributed by atoms with Crippen LogP contribution in [0.1, 0.15) is 39.7 Å². The molecule has 4 aromatic rings. The van der Waals surface area contributed by atoms with Crippen molar-refractivity contribution in [3.05, 3.63) is 94.6 Å². The summed E-state index contributed by atoms with van der Waals surface area (Å²) in [5.41, 5.74) is 0.997. The maximum Gasteiger partial charge on any atom is 0.434 e. The smallest absolute Gasteiger partial charge is 0.434 e. The van der Waals surface area contributed by atoms with Gasteiger partial charge in [0.25, 0.3) is 0 Å². The molecule has 0 fully saturated rings. The van der Waals surface area contributed by atoms with E-state index in [2.05, 4.69) is 10.1 Å². The number of hydrogen-bond donors (Lipinski definition) is 0. The first kappa shape index (κ1) is 26.6. The van der Waals surface area contributed by atoms with Crippen molar-refractivity contribution in [1.29, 1.82) is 0 Å². The second kappa shape index (κ2) is 10.9. The maximum absolute atomic E-state index is 14.3. The number of carbonyl (C=O) groups is 1. The van der Waals surface area contributed by atoms with E-state index in [9.17, 15) is 22.4 Å². The summed E-state index contributed by atoms with van der Waals surface area (Å²) in [5.74, 6) is -1.17. The van der Waals surface area contributed by atoms with E-state index in [1.165, 1.54) is 31.2 Å². The van der Waals surface area contributed by atoms with Gasteiger partial charge in [-0.2, -0.15) is 18.3 Å². The van der Waals surface area contributed by atoms with Crippen LogP contribution in [-0.2, 0) is 10.9 Å². The monoisotopic (exact) mass is 525 g/mol. The van der Waals surface area contributed by atoms with Crippen molar-refractivity contribution in [2.75, 3.05) is 13.7 Å². The summed E-state index contributed by atoms with van der Waals surface area (Å²) in [6.45, 7) is 3.31. The minimum atomic E-state index is -4.92. The van der Waals surface area contributed by atoms with Crippen LogP contribution in [0, 0.1) is 12.7 Å². The Hall–Kier alpha value is -4.47. The molecule has 0 radical (unpaired) electrons. The molecule has 0 N–H and O–H groups in total. The van der Waals surface area contributed by atoms with E-state index in [0.29, 0.717) is 21.6 Å². The fourth-order valence-corrected chi connectivity index (χ4v) is 3.88. The molecule has 0 saturated carbocycles. The number of aryl methyl sites for hydroxylation is 1. The number of nitrogens with zero attached hydrogens (tertiary/aromatic N) is 3. The number of benzene rings is 2. The number of methoxy groups -OCH3 is 1. The molecular formula is C28H23F4N3O3. The van der Waals surface area contributed by atoms with E-state index in [1.807, 2.05) is 31.2 Å². The molecule has 0 spiro atoms. The Bertz CT molecular complexity index is 1510. The highest BCUT2D eigenvalue weighted by atomic mass is 19.4.